The molecule has 0 aliphatic rings. The molecule has 0 saturated carbocycles. The molecule has 0 amide bonds. The molecule has 100 valence electrons. The van der Waals surface area contributed by atoms with Crippen molar-refractivity contribution in [3.05, 3.63) is 60.7 Å². The van der Waals surface area contributed by atoms with Gasteiger partial charge in [0.2, 0.25) is 0 Å². The van der Waals surface area contributed by atoms with Crippen molar-refractivity contribution in [2.24, 2.45) is 0 Å². The van der Waals surface area contributed by atoms with Gasteiger partial charge in [0.1, 0.15) is 0 Å². The van der Waals surface area contributed by atoms with E-state index in [0.29, 0.717) is 0 Å². The Kier molecular flexibility index (Phi) is 4.10. The van der Waals surface area contributed by atoms with Gasteiger partial charge >= 0.3 is 123 Å². The van der Waals surface area contributed by atoms with Crippen LogP contribution in [-0.2, 0) is 0 Å². The van der Waals surface area contributed by atoms with E-state index >= 15 is 0 Å². The fourth-order valence-corrected chi connectivity index (χ4v) is 6.84. The predicted molar refractivity (Wildman–Crippen MR) is 85.9 cm³/mol. The molecule has 20 heavy (non-hydrogen) atoms. The van der Waals surface area contributed by atoms with E-state index < -0.39 is 5.96 Å². The fraction of sp³-hybridized carbons (Fsp3) is 0.125. The first kappa shape index (κ1) is 14.5. The molecule has 0 atom stereocenters. The SMILES string of the molecule is N#CCP(Cl)(CC#N)(c1ccccc1)c1ccccc1. The van der Waals surface area contributed by atoms with Crippen molar-refractivity contribution in [1.82, 2.24) is 0 Å². The van der Waals surface area contributed by atoms with Gasteiger partial charge in [-0.1, -0.05) is 0 Å². The number of halogens is 1. The predicted octanol–water partition coefficient (Wildman–Crippen LogP) is 3.39. The van der Waals surface area contributed by atoms with Crippen LogP contribution in [-0.4, -0.2) is 12.3 Å². The van der Waals surface area contributed by atoms with Crippen molar-refractivity contribution in [3.63, 3.8) is 0 Å². The van der Waals surface area contributed by atoms with E-state index in [-0.39, 0.29) is 12.3 Å². The summed E-state index contributed by atoms with van der Waals surface area (Å²) in [4.78, 5) is 0. The molecule has 2 aromatic rings. The summed E-state index contributed by atoms with van der Waals surface area (Å²) in [5.41, 5.74) is 0. The van der Waals surface area contributed by atoms with Gasteiger partial charge in [-0.25, -0.2) is 0 Å². The van der Waals surface area contributed by atoms with Gasteiger partial charge < -0.3 is 0 Å². The number of nitriles is 2. The summed E-state index contributed by atoms with van der Waals surface area (Å²) < 4.78 is 0. The molecule has 2 nitrogen and oxygen atoms in total. The van der Waals surface area contributed by atoms with Crippen molar-refractivity contribution < 1.29 is 0 Å². The van der Waals surface area contributed by atoms with E-state index in [0.717, 1.165) is 10.6 Å². The van der Waals surface area contributed by atoms with Crippen LogP contribution in [0.2, 0.25) is 0 Å². The average molecular weight is 301 g/mol. The van der Waals surface area contributed by atoms with Gasteiger partial charge in [0.25, 0.3) is 0 Å². The maximum absolute atomic E-state index is 9.31. The number of benzene rings is 2. The molecule has 0 saturated heterocycles. The molecule has 0 aliphatic heterocycles. The first-order chi connectivity index (χ1) is 9.64. The molecule has 0 aromatic heterocycles. The molecule has 0 fully saturated rings. The molecule has 0 unspecified atom stereocenters. The van der Waals surface area contributed by atoms with Crippen molar-refractivity contribution >= 4 is 27.8 Å². The normalized spacial score (nSPS) is 12.7. The molecule has 0 bridgehead atoms. The molecule has 0 N–H and O–H groups in total. The molecule has 2 rings (SSSR count). The Hall–Kier alpha value is -1.86. The number of nitrogens with zero attached hydrogens (tertiary/aromatic N) is 2. The van der Waals surface area contributed by atoms with Crippen LogP contribution < -0.4 is 10.6 Å². The summed E-state index contributed by atoms with van der Waals surface area (Å²) in [5.74, 6) is -3.29. The molecule has 0 radical (unpaired) electrons. The summed E-state index contributed by atoms with van der Waals surface area (Å²) in [6.07, 6.45) is 0.323. The summed E-state index contributed by atoms with van der Waals surface area (Å²) in [7, 11) is 0. The van der Waals surface area contributed by atoms with Crippen LogP contribution in [0.1, 0.15) is 0 Å². The molecule has 0 spiro atoms. The number of rotatable bonds is 4. The fourth-order valence-electron chi connectivity index (χ4n) is 2.40. The average Bonchev–Trinajstić information content (AvgIpc) is 2.50. The zero-order valence-electron chi connectivity index (χ0n) is 10.9. The number of hydrogen-bond acceptors (Lipinski definition) is 2. The Bertz CT molecular complexity index is 612. The molecule has 0 heterocycles. The number of hydrogen-bond donors (Lipinski definition) is 0. The standard InChI is InChI=1S/C16H14ClN2P/c17-20(13-11-18,14-12-19,15-7-3-1-4-8-15)16-9-5-2-6-10-16/h1-10H,13-14H2. The second-order valence-electron chi connectivity index (χ2n) is 4.68. The quantitative estimate of drug-likeness (QED) is 0.813. The maximum atomic E-state index is 9.31. The van der Waals surface area contributed by atoms with Crippen LogP contribution in [0.15, 0.2) is 60.7 Å². The van der Waals surface area contributed by atoms with Crippen LogP contribution in [0.5, 0.6) is 0 Å². The van der Waals surface area contributed by atoms with Crippen LogP contribution in [0.25, 0.3) is 0 Å². The van der Waals surface area contributed by atoms with Gasteiger partial charge in [0.15, 0.2) is 0 Å². The second kappa shape index (κ2) is 5.64. The van der Waals surface area contributed by atoms with Crippen molar-refractivity contribution in [3.8, 4) is 12.1 Å². The van der Waals surface area contributed by atoms with E-state index in [1.54, 1.807) is 0 Å². The van der Waals surface area contributed by atoms with Crippen LogP contribution in [0, 0.1) is 22.7 Å². The van der Waals surface area contributed by atoms with Gasteiger partial charge in [-0.2, -0.15) is 0 Å². The molecule has 0 aliphatic carbocycles. The van der Waals surface area contributed by atoms with Gasteiger partial charge in [-0.3, -0.25) is 0 Å². The first-order valence-electron chi connectivity index (χ1n) is 6.22. The summed E-state index contributed by atoms with van der Waals surface area (Å²) >= 11 is 7.13. The Morgan fingerprint density at radius 3 is 1.40 bits per heavy atom. The van der Waals surface area contributed by atoms with Crippen molar-refractivity contribution in [2.45, 2.75) is 0 Å². The Morgan fingerprint density at radius 2 is 1.10 bits per heavy atom. The summed E-state index contributed by atoms with van der Waals surface area (Å²) in [6.45, 7) is 0. The zero-order chi connectivity index (χ0) is 14.5. The summed E-state index contributed by atoms with van der Waals surface area (Å²) in [6, 6.07) is 23.5. The van der Waals surface area contributed by atoms with Gasteiger partial charge in [0, 0.05) is 0 Å². The molecule has 4 heteroatoms. The monoisotopic (exact) mass is 300 g/mol. The minimum atomic E-state index is -3.29. The Labute approximate surface area is 123 Å². The third-order valence-corrected chi connectivity index (χ3v) is 9.95. The van der Waals surface area contributed by atoms with Crippen molar-refractivity contribution in [2.75, 3.05) is 12.3 Å². The topological polar surface area (TPSA) is 47.6 Å². The van der Waals surface area contributed by atoms with E-state index in [2.05, 4.69) is 12.1 Å². The summed E-state index contributed by atoms with van der Waals surface area (Å²) in [5, 5.41) is 20.4. The second-order valence-corrected chi connectivity index (χ2v) is 11.5. The third-order valence-electron chi connectivity index (χ3n) is 3.50. The van der Waals surface area contributed by atoms with Crippen molar-refractivity contribution in [1.29, 1.82) is 10.5 Å². The van der Waals surface area contributed by atoms with Crippen LogP contribution in [0.3, 0.4) is 0 Å². The molecular formula is C16H14ClN2P. The first-order valence-corrected chi connectivity index (χ1v) is 9.74. The van der Waals surface area contributed by atoms with E-state index in [4.69, 9.17) is 11.2 Å². The van der Waals surface area contributed by atoms with E-state index in [1.165, 1.54) is 0 Å². The van der Waals surface area contributed by atoms with E-state index in [1.807, 2.05) is 60.7 Å². The van der Waals surface area contributed by atoms with E-state index in [9.17, 15) is 10.5 Å². The molecule has 2 aromatic carbocycles. The van der Waals surface area contributed by atoms with Crippen LogP contribution in [0.4, 0.5) is 0 Å². The Balaban J connectivity index is 2.78. The van der Waals surface area contributed by atoms with Crippen LogP contribution >= 0.6 is 17.2 Å². The molecular weight excluding hydrogens is 287 g/mol. The zero-order valence-corrected chi connectivity index (χ0v) is 12.6. The van der Waals surface area contributed by atoms with Gasteiger partial charge in [-0.05, 0) is 0 Å². The minimum absolute atomic E-state index is 0.161. The van der Waals surface area contributed by atoms with Gasteiger partial charge in [-0.15, -0.1) is 0 Å². The third kappa shape index (κ3) is 2.30. The van der Waals surface area contributed by atoms with Gasteiger partial charge in [0.05, 0.1) is 0 Å². The Morgan fingerprint density at radius 1 is 0.750 bits per heavy atom.